The van der Waals surface area contributed by atoms with Gasteiger partial charge in [-0.3, -0.25) is 14.6 Å². The van der Waals surface area contributed by atoms with Crippen LogP contribution in [0.3, 0.4) is 0 Å². The number of fused-ring (bicyclic) bond motifs is 1. The number of carbonyl (C=O) groups excluding carboxylic acids is 2. The van der Waals surface area contributed by atoms with Crippen molar-refractivity contribution in [2.24, 2.45) is 11.7 Å². The molecule has 1 aromatic heterocycles. The molecule has 0 aliphatic carbocycles. The summed E-state index contributed by atoms with van der Waals surface area (Å²) in [6.45, 7) is 2.90. The van der Waals surface area contributed by atoms with Crippen LogP contribution in [0.1, 0.15) is 37.7 Å². The minimum atomic E-state index is 0.215. The van der Waals surface area contributed by atoms with Crippen molar-refractivity contribution in [2.75, 3.05) is 26.2 Å². The highest BCUT2D eigenvalue weighted by Gasteiger charge is 2.39. The van der Waals surface area contributed by atoms with E-state index in [0.29, 0.717) is 25.3 Å². The Hall–Kier alpha value is -1.95. The van der Waals surface area contributed by atoms with E-state index in [0.717, 1.165) is 50.9 Å². The van der Waals surface area contributed by atoms with Gasteiger partial charge in [-0.05, 0) is 49.8 Å². The number of aryl methyl sites for hydroxylation is 1. The maximum absolute atomic E-state index is 12.6. The second kappa shape index (κ2) is 8.43. The Morgan fingerprint density at radius 2 is 2.24 bits per heavy atom. The van der Waals surface area contributed by atoms with Crippen LogP contribution in [0.25, 0.3) is 0 Å². The highest BCUT2D eigenvalue weighted by Crippen LogP contribution is 2.31. The smallest absolute Gasteiger partial charge is 0.222 e. The van der Waals surface area contributed by atoms with Gasteiger partial charge in [0.15, 0.2) is 0 Å². The molecule has 25 heavy (non-hydrogen) atoms. The summed E-state index contributed by atoms with van der Waals surface area (Å²) in [6.07, 6.45) is 8.07. The van der Waals surface area contributed by atoms with Crippen LogP contribution >= 0.6 is 0 Å². The maximum Gasteiger partial charge on any atom is 0.222 e. The lowest BCUT2D eigenvalue weighted by molar-refractivity contribution is -0.144. The van der Waals surface area contributed by atoms with Crippen LogP contribution in [0.15, 0.2) is 24.5 Å². The average Bonchev–Trinajstić information content (AvgIpc) is 2.66. The number of rotatable bonds is 6. The molecule has 0 aromatic carbocycles. The van der Waals surface area contributed by atoms with Gasteiger partial charge < -0.3 is 15.5 Å². The normalized spacial score (nSPS) is 23.5. The van der Waals surface area contributed by atoms with Crippen LogP contribution in [-0.4, -0.2) is 58.8 Å². The van der Waals surface area contributed by atoms with E-state index in [4.69, 9.17) is 5.73 Å². The summed E-state index contributed by atoms with van der Waals surface area (Å²) in [5.41, 5.74) is 6.71. The molecule has 1 aromatic rings. The van der Waals surface area contributed by atoms with Crippen molar-refractivity contribution in [1.82, 2.24) is 14.8 Å². The number of aromatic nitrogens is 1. The Morgan fingerprint density at radius 1 is 1.36 bits per heavy atom. The van der Waals surface area contributed by atoms with E-state index in [1.165, 1.54) is 0 Å². The van der Waals surface area contributed by atoms with Crippen LogP contribution in [-0.2, 0) is 16.0 Å². The van der Waals surface area contributed by atoms with Gasteiger partial charge in [-0.1, -0.05) is 6.07 Å². The van der Waals surface area contributed by atoms with E-state index in [9.17, 15) is 9.59 Å². The van der Waals surface area contributed by atoms with E-state index in [-0.39, 0.29) is 17.9 Å². The first kappa shape index (κ1) is 17.9. The second-order valence-corrected chi connectivity index (χ2v) is 7.09. The number of pyridine rings is 1. The summed E-state index contributed by atoms with van der Waals surface area (Å²) in [6, 6.07) is 4.20. The third-order valence-electron chi connectivity index (χ3n) is 5.45. The lowest BCUT2D eigenvalue weighted by atomic mass is 9.83. The molecule has 2 fully saturated rings. The Balaban J connectivity index is 1.53. The van der Waals surface area contributed by atoms with Crippen molar-refractivity contribution in [3.05, 3.63) is 30.1 Å². The maximum atomic E-state index is 12.6. The summed E-state index contributed by atoms with van der Waals surface area (Å²) in [7, 11) is 0. The number of nitrogens with zero attached hydrogens (tertiary/aromatic N) is 3. The van der Waals surface area contributed by atoms with E-state index in [1.807, 2.05) is 28.1 Å². The number of hydrogen-bond donors (Lipinski definition) is 1. The fourth-order valence-corrected chi connectivity index (χ4v) is 4.09. The zero-order valence-electron chi connectivity index (χ0n) is 14.8. The number of hydrogen-bond acceptors (Lipinski definition) is 4. The minimum Gasteiger partial charge on any atom is -0.342 e. The van der Waals surface area contributed by atoms with E-state index in [2.05, 4.69) is 4.98 Å². The van der Waals surface area contributed by atoms with Gasteiger partial charge in [0.1, 0.15) is 0 Å². The Morgan fingerprint density at radius 3 is 3.00 bits per heavy atom. The monoisotopic (exact) mass is 344 g/mol. The lowest BCUT2D eigenvalue weighted by Gasteiger charge is -2.47. The molecule has 0 saturated carbocycles. The third kappa shape index (κ3) is 4.37. The minimum absolute atomic E-state index is 0.215. The van der Waals surface area contributed by atoms with Gasteiger partial charge in [-0.2, -0.15) is 0 Å². The third-order valence-corrected chi connectivity index (χ3v) is 5.45. The first-order valence-corrected chi connectivity index (χ1v) is 9.35. The Labute approximate surface area is 149 Å². The molecule has 2 atom stereocenters. The molecule has 0 bridgehead atoms. The molecule has 2 aliphatic rings. The van der Waals surface area contributed by atoms with Crippen molar-refractivity contribution in [3.8, 4) is 0 Å². The quantitative estimate of drug-likeness (QED) is 0.841. The molecule has 2 N–H and O–H groups in total. The molecule has 2 aliphatic heterocycles. The van der Waals surface area contributed by atoms with Crippen LogP contribution in [0.4, 0.5) is 0 Å². The molecule has 6 nitrogen and oxygen atoms in total. The van der Waals surface area contributed by atoms with Crippen molar-refractivity contribution < 1.29 is 9.59 Å². The molecular formula is C19H28N4O2. The summed E-state index contributed by atoms with van der Waals surface area (Å²) >= 11 is 0. The molecule has 2 saturated heterocycles. The molecule has 3 rings (SSSR count). The molecule has 0 spiro atoms. The van der Waals surface area contributed by atoms with Crippen molar-refractivity contribution in [3.63, 3.8) is 0 Å². The van der Waals surface area contributed by atoms with E-state index < -0.39 is 0 Å². The Bertz CT molecular complexity index is 592. The second-order valence-electron chi connectivity index (χ2n) is 7.09. The SMILES string of the molecule is NCCCN1C(=O)CC[C@H]2CN(C(=O)CCc3cccnc3)CC[C@H]21. The summed E-state index contributed by atoms with van der Waals surface area (Å²) in [5, 5.41) is 0. The Kier molecular flexibility index (Phi) is 6.02. The summed E-state index contributed by atoms with van der Waals surface area (Å²) < 4.78 is 0. The van der Waals surface area contributed by atoms with Gasteiger partial charge in [0, 0.05) is 50.9 Å². The van der Waals surface area contributed by atoms with Crippen molar-refractivity contribution in [1.29, 1.82) is 0 Å². The van der Waals surface area contributed by atoms with Gasteiger partial charge >= 0.3 is 0 Å². The zero-order valence-corrected chi connectivity index (χ0v) is 14.8. The topological polar surface area (TPSA) is 79.5 Å². The number of amides is 2. The fraction of sp³-hybridized carbons (Fsp3) is 0.632. The predicted octanol–water partition coefficient (Wildman–Crippen LogP) is 1.20. The van der Waals surface area contributed by atoms with Crippen LogP contribution in [0.5, 0.6) is 0 Å². The number of piperidine rings is 2. The summed E-state index contributed by atoms with van der Waals surface area (Å²) in [5.74, 6) is 0.880. The van der Waals surface area contributed by atoms with Gasteiger partial charge in [-0.15, -0.1) is 0 Å². The van der Waals surface area contributed by atoms with Crippen molar-refractivity contribution >= 4 is 11.8 Å². The van der Waals surface area contributed by atoms with E-state index >= 15 is 0 Å². The van der Waals surface area contributed by atoms with Gasteiger partial charge in [0.25, 0.3) is 0 Å². The lowest BCUT2D eigenvalue weighted by Crippen LogP contribution is -2.57. The average molecular weight is 344 g/mol. The largest absolute Gasteiger partial charge is 0.342 e. The predicted molar refractivity (Wildman–Crippen MR) is 95.7 cm³/mol. The molecule has 6 heteroatoms. The number of likely N-dealkylation sites (tertiary alicyclic amines) is 2. The van der Waals surface area contributed by atoms with Crippen LogP contribution in [0.2, 0.25) is 0 Å². The first-order valence-electron chi connectivity index (χ1n) is 9.35. The highest BCUT2D eigenvalue weighted by atomic mass is 16.2. The molecule has 2 amide bonds. The van der Waals surface area contributed by atoms with Gasteiger partial charge in [0.2, 0.25) is 11.8 Å². The highest BCUT2D eigenvalue weighted by molar-refractivity contribution is 5.78. The molecule has 0 unspecified atom stereocenters. The van der Waals surface area contributed by atoms with Crippen molar-refractivity contribution in [2.45, 2.75) is 44.6 Å². The number of nitrogens with two attached hydrogens (primary N) is 1. The molecule has 0 radical (unpaired) electrons. The summed E-state index contributed by atoms with van der Waals surface area (Å²) in [4.78, 5) is 32.9. The fourth-order valence-electron chi connectivity index (χ4n) is 4.09. The van der Waals surface area contributed by atoms with Crippen LogP contribution in [0, 0.1) is 5.92 Å². The zero-order chi connectivity index (χ0) is 17.6. The van der Waals surface area contributed by atoms with E-state index in [1.54, 1.807) is 6.20 Å². The van der Waals surface area contributed by atoms with Gasteiger partial charge in [-0.25, -0.2) is 0 Å². The molecule has 3 heterocycles. The van der Waals surface area contributed by atoms with Gasteiger partial charge in [0.05, 0.1) is 0 Å². The molecule has 136 valence electrons. The molecular weight excluding hydrogens is 316 g/mol. The standard InChI is InChI=1S/C19H28N4O2/c20-9-2-11-23-17-8-12-22(14-16(17)5-7-19(23)25)18(24)6-4-15-3-1-10-21-13-15/h1,3,10,13,16-17H,2,4-9,11-12,14,20H2/t16-,17+/m0/s1. The first-order chi connectivity index (χ1) is 12.2. The van der Waals surface area contributed by atoms with Crippen LogP contribution < -0.4 is 5.73 Å². The number of carbonyl (C=O) groups is 2.